The van der Waals surface area contributed by atoms with Crippen LogP contribution in [-0.4, -0.2) is 58.7 Å². The number of nitrogen functional groups attached to an aromatic ring is 1. The number of nitrogens with two attached hydrogens (primary N) is 2. The zero-order valence-corrected chi connectivity index (χ0v) is 16.6. The summed E-state index contributed by atoms with van der Waals surface area (Å²) < 4.78 is 5.49. The number of hydrogen-bond donors (Lipinski definition) is 4. The van der Waals surface area contributed by atoms with Crippen molar-refractivity contribution < 1.29 is 9.53 Å². The van der Waals surface area contributed by atoms with E-state index in [2.05, 4.69) is 25.5 Å². The second kappa shape index (κ2) is 8.09. The van der Waals surface area contributed by atoms with Crippen molar-refractivity contribution in [3.8, 4) is 0 Å². The molecule has 4 heterocycles. The molecular formula is C20H24N8O2. The quantitative estimate of drug-likeness (QED) is 0.576. The number of ether oxygens (including phenoxy) is 1. The first-order valence-corrected chi connectivity index (χ1v) is 9.60. The fraction of sp³-hybridized carbons (Fsp3) is 0.300. The third-order valence-corrected chi connectivity index (χ3v) is 5.02. The van der Waals surface area contributed by atoms with Gasteiger partial charge in [0.2, 0.25) is 5.91 Å². The van der Waals surface area contributed by atoms with Crippen molar-refractivity contribution in [2.24, 2.45) is 10.7 Å². The van der Waals surface area contributed by atoms with Crippen LogP contribution in [0.1, 0.15) is 22.8 Å². The molecule has 156 valence electrons. The van der Waals surface area contributed by atoms with Crippen LogP contribution in [0.25, 0.3) is 5.70 Å². The Kier molecular flexibility index (Phi) is 5.34. The standard InChI is InChI=1S/C20H24N8O2/c1-20(28-6-8-30-9-7-28)26-15(14-2-3-16(21)24-12-14)11-18(27-20)25-17-10-13(19(22)29)4-5-23-17/h2-5,10-12,26H,6-9H2,1H3,(H2,21,24)(H2,22,29)(H,23,25,27). The number of nitrogens with zero attached hydrogens (tertiary/aromatic N) is 4. The number of carbonyl (C=O) groups is 1. The highest BCUT2D eigenvalue weighted by atomic mass is 16.5. The number of anilines is 2. The van der Waals surface area contributed by atoms with Crippen molar-refractivity contribution in [2.45, 2.75) is 12.7 Å². The number of aromatic nitrogens is 2. The molecule has 0 spiro atoms. The summed E-state index contributed by atoms with van der Waals surface area (Å²) in [7, 11) is 0. The van der Waals surface area contributed by atoms with Crippen LogP contribution in [0.5, 0.6) is 0 Å². The van der Waals surface area contributed by atoms with E-state index in [1.165, 1.54) is 6.20 Å². The van der Waals surface area contributed by atoms with E-state index in [0.717, 1.165) is 24.4 Å². The van der Waals surface area contributed by atoms with Crippen molar-refractivity contribution in [1.82, 2.24) is 20.2 Å². The maximum Gasteiger partial charge on any atom is 0.248 e. The normalized spacial score (nSPS) is 21.9. The van der Waals surface area contributed by atoms with Crippen molar-refractivity contribution in [1.29, 1.82) is 0 Å². The Morgan fingerprint density at radius 2 is 2.07 bits per heavy atom. The number of nitrogens with one attached hydrogen (secondary N) is 2. The predicted molar refractivity (Wildman–Crippen MR) is 114 cm³/mol. The van der Waals surface area contributed by atoms with Crippen LogP contribution in [0.3, 0.4) is 0 Å². The molecule has 30 heavy (non-hydrogen) atoms. The molecule has 0 radical (unpaired) electrons. The molecule has 2 aromatic rings. The van der Waals surface area contributed by atoms with Crippen LogP contribution in [0.4, 0.5) is 11.6 Å². The number of amidine groups is 1. The van der Waals surface area contributed by atoms with Gasteiger partial charge < -0.3 is 26.8 Å². The molecule has 1 fully saturated rings. The summed E-state index contributed by atoms with van der Waals surface area (Å²) in [6.07, 6.45) is 5.11. The number of rotatable bonds is 4. The molecular weight excluding hydrogens is 384 g/mol. The van der Waals surface area contributed by atoms with Crippen molar-refractivity contribution >= 4 is 29.1 Å². The van der Waals surface area contributed by atoms with E-state index in [0.29, 0.717) is 36.2 Å². The number of amides is 1. The zero-order chi connectivity index (χ0) is 21.1. The van der Waals surface area contributed by atoms with E-state index in [1.807, 2.05) is 19.1 Å². The van der Waals surface area contributed by atoms with Crippen molar-refractivity contribution in [3.05, 3.63) is 53.9 Å². The van der Waals surface area contributed by atoms with Gasteiger partial charge in [-0.3, -0.25) is 9.69 Å². The van der Waals surface area contributed by atoms with Gasteiger partial charge >= 0.3 is 0 Å². The zero-order valence-electron chi connectivity index (χ0n) is 16.6. The van der Waals surface area contributed by atoms with Crippen LogP contribution in [0.2, 0.25) is 0 Å². The van der Waals surface area contributed by atoms with Crippen LogP contribution >= 0.6 is 0 Å². The molecule has 0 aromatic carbocycles. The average Bonchev–Trinajstić information content (AvgIpc) is 2.75. The fourth-order valence-electron chi connectivity index (χ4n) is 3.44. The molecule has 2 aliphatic heterocycles. The number of primary amides is 1. The van der Waals surface area contributed by atoms with E-state index in [9.17, 15) is 4.79 Å². The van der Waals surface area contributed by atoms with Crippen LogP contribution in [0, 0.1) is 0 Å². The summed E-state index contributed by atoms with van der Waals surface area (Å²) in [4.78, 5) is 27.1. The topological polar surface area (TPSA) is 144 Å². The Bertz CT molecular complexity index is 998. The molecule has 10 heteroatoms. The van der Waals surface area contributed by atoms with Gasteiger partial charge in [-0.15, -0.1) is 0 Å². The van der Waals surface area contributed by atoms with E-state index in [4.69, 9.17) is 21.2 Å². The van der Waals surface area contributed by atoms with Crippen LogP contribution in [-0.2, 0) is 4.74 Å². The van der Waals surface area contributed by atoms with Gasteiger partial charge in [0.25, 0.3) is 0 Å². The Hall–Kier alpha value is -3.50. The monoisotopic (exact) mass is 408 g/mol. The smallest absolute Gasteiger partial charge is 0.248 e. The summed E-state index contributed by atoms with van der Waals surface area (Å²) in [5, 5.41) is 6.70. The Morgan fingerprint density at radius 3 is 2.77 bits per heavy atom. The van der Waals surface area contributed by atoms with Gasteiger partial charge in [-0.1, -0.05) is 0 Å². The fourth-order valence-corrected chi connectivity index (χ4v) is 3.44. The predicted octanol–water partition coefficient (Wildman–Crippen LogP) is 0.618. The summed E-state index contributed by atoms with van der Waals surface area (Å²) in [5.74, 6) is 0.283. The summed E-state index contributed by atoms with van der Waals surface area (Å²) >= 11 is 0. The van der Waals surface area contributed by atoms with Gasteiger partial charge in [-0.05, 0) is 31.2 Å². The highest BCUT2D eigenvalue weighted by Gasteiger charge is 2.36. The van der Waals surface area contributed by atoms with Gasteiger partial charge in [0.15, 0.2) is 5.79 Å². The molecule has 0 saturated carbocycles. The Labute approximate surface area is 174 Å². The van der Waals surface area contributed by atoms with Gasteiger partial charge in [0.05, 0.1) is 13.2 Å². The molecule has 0 aliphatic carbocycles. The molecule has 1 atom stereocenters. The molecule has 1 unspecified atom stereocenters. The first kappa shape index (κ1) is 19.8. The van der Waals surface area contributed by atoms with Crippen LogP contribution in [0.15, 0.2) is 47.7 Å². The van der Waals surface area contributed by atoms with Gasteiger partial charge in [0.1, 0.15) is 17.5 Å². The number of pyridine rings is 2. The second-order valence-corrected chi connectivity index (χ2v) is 7.19. The highest BCUT2D eigenvalue weighted by molar-refractivity contribution is 6.08. The third-order valence-electron chi connectivity index (χ3n) is 5.02. The van der Waals surface area contributed by atoms with E-state index >= 15 is 0 Å². The number of carbonyl (C=O) groups excluding carboxylic acids is 1. The maximum atomic E-state index is 11.5. The van der Waals surface area contributed by atoms with Gasteiger partial charge in [0, 0.05) is 48.4 Å². The lowest BCUT2D eigenvalue weighted by Gasteiger charge is -2.43. The van der Waals surface area contributed by atoms with E-state index in [-0.39, 0.29) is 0 Å². The maximum absolute atomic E-state index is 11.5. The van der Waals surface area contributed by atoms with Crippen LogP contribution < -0.4 is 22.1 Å². The third kappa shape index (κ3) is 4.24. The molecule has 4 rings (SSSR count). The molecule has 2 aromatic heterocycles. The average molecular weight is 408 g/mol. The lowest BCUT2D eigenvalue weighted by molar-refractivity contribution is -0.0202. The molecule has 1 saturated heterocycles. The first-order valence-electron chi connectivity index (χ1n) is 9.60. The largest absolute Gasteiger partial charge is 0.384 e. The summed E-state index contributed by atoms with van der Waals surface area (Å²) in [6, 6.07) is 6.81. The minimum absolute atomic E-state index is 0.366. The Balaban J connectivity index is 1.69. The van der Waals surface area contributed by atoms with E-state index < -0.39 is 11.7 Å². The SMILES string of the molecule is CC1(N2CCOCC2)N=C(Nc2cc(C(N)=O)ccn2)C=C(c2ccc(N)nc2)N1. The minimum atomic E-state index is -0.709. The van der Waals surface area contributed by atoms with E-state index in [1.54, 1.807) is 24.4 Å². The van der Waals surface area contributed by atoms with Gasteiger partial charge in [-0.25, -0.2) is 15.0 Å². The summed E-state index contributed by atoms with van der Waals surface area (Å²) in [5.41, 5.74) is 13.2. The number of aliphatic imine (C=N–C) groups is 1. The lowest BCUT2D eigenvalue weighted by atomic mass is 10.1. The molecule has 10 nitrogen and oxygen atoms in total. The number of hydrogen-bond acceptors (Lipinski definition) is 9. The van der Waals surface area contributed by atoms with Gasteiger partial charge in [-0.2, -0.15) is 0 Å². The van der Waals surface area contributed by atoms with Crippen molar-refractivity contribution in [3.63, 3.8) is 0 Å². The molecule has 6 N–H and O–H groups in total. The Morgan fingerprint density at radius 1 is 1.27 bits per heavy atom. The first-order chi connectivity index (χ1) is 14.4. The van der Waals surface area contributed by atoms with Crippen molar-refractivity contribution in [2.75, 3.05) is 37.4 Å². The molecule has 2 aliphatic rings. The lowest BCUT2D eigenvalue weighted by Crippen LogP contribution is -2.60. The molecule has 1 amide bonds. The summed E-state index contributed by atoms with van der Waals surface area (Å²) in [6.45, 7) is 4.76. The minimum Gasteiger partial charge on any atom is -0.384 e. The second-order valence-electron chi connectivity index (χ2n) is 7.19. The molecule has 0 bridgehead atoms. The number of morpholine rings is 1. The highest BCUT2D eigenvalue weighted by Crippen LogP contribution is 2.26.